The Hall–Kier alpha value is -3.62. The molecule has 2 aromatic rings. The average molecular weight is 452 g/mol. The minimum absolute atomic E-state index is 0.0465. The largest absolute Gasteiger partial charge is 0.467 e. The van der Waals surface area contributed by atoms with E-state index in [4.69, 9.17) is 9.47 Å². The molecule has 0 N–H and O–H groups in total. The predicted molar refractivity (Wildman–Crippen MR) is 104 cm³/mol. The van der Waals surface area contributed by atoms with Gasteiger partial charge in [0.15, 0.2) is 0 Å². The van der Waals surface area contributed by atoms with Crippen molar-refractivity contribution in [3.05, 3.63) is 51.8 Å². The van der Waals surface area contributed by atoms with Crippen molar-refractivity contribution in [2.24, 2.45) is 5.92 Å². The van der Waals surface area contributed by atoms with Crippen LogP contribution >= 0.6 is 0 Å². The molecule has 1 aliphatic rings. The monoisotopic (exact) mass is 452 g/mol. The van der Waals surface area contributed by atoms with Crippen molar-refractivity contribution < 1.29 is 32.4 Å². The molecule has 0 spiro atoms. The van der Waals surface area contributed by atoms with Gasteiger partial charge >= 0.3 is 17.8 Å². The number of alkyl halides is 3. The number of nitro groups is 1. The Kier molecular flexibility index (Phi) is 6.97. The summed E-state index contributed by atoms with van der Waals surface area (Å²) in [6, 6.07) is 6.29. The average Bonchev–Trinajstić information content (AvgIpc) is 2.77. The van der Waals surface area contributed by atoms with Crippen LogP contribution in [0.25, 0.3) is 0 Å². The van der Waals surface area contributed by atoms with Gasteiger partial charge in [-0.1, -0.05) is 12.1 Å². The summed E-state index contributed by atoms with van der Waals surface area (Å²) >= 11 is 0. The number of piperidine rings is 1. The highest BCUT2D eigenvalue weighted by Gasteiger charge is 2.33. The van der Waals surface area contributed by atoms with Crippen LogP contribution in [0, 0.1) is 28.2 Å². The highest BCUT2D eigenvalue weighted by molar-refractivity contribution is 5.73. The Morgan fingerprint density at radius 2 is 2.00 bits per heavy atom. The molecule has 0 saturated carbocycles. The zero-order valence-electron chi connectivity index (χ0n) is 17.0. The van der Waals surface area contributed by atoms with E-state index in [9.17, 15) is 28.1 Å². The number of aromatic nitrogens is 2. The molecule has 3 rings (SSSR count). The summed E-state index contributed by atoms with van der Waals surface area (Å²) in [5, 5.41) is 11.7. The zero-order valence-corrected chi connectivity index (χ0v) is 17.0. The molecule has 0 atom stereocenters. The Morgan fingerprint density at radius 1 is 1.28 bits per heavy atom. The highest BCUT2D eigenvalue weighted by atomic mass is 19.4. The fourth-order valence-corrected chi connectivity index (χ4v) is 3.25. The van der Waals surface area contributed by atoms with Gasteiger partial charge in [0.05, 0.1) is 17.4 Å². The second-order valence-corrected chi connectivity index (χ2v) is 6.93. The van der Waals surface area contributed by atoms with E-state index >= 15 is 0 Å². The molecule has 32 heavy (non-hydrogen) atoms. The van der Waals surface area contributed by atoms with Crippen LogP contribution in [-0.2, 0) is 22.3 Å². The molecule has 170 valence electrons. The van der Waals surface area contributed by atoms with Gasteiger partial charge in [-0.2, -0.15) is 18.2 Å². The number of carbonyl (C=O) groups is 1. The lowest BCUT2D eigenvalue weighted by molar-refractivity contribution is -0.385. The molecule has 1 fully saturated rings. The van der Waals surface area contributed by atoms with Crippen LogP contribution in [0.5, 0.6) is 5.88 Å². The van der Waals surface area contributed by atoms with Gasteiger partial charge in [0.1, 0.15) is 18.5 Å². The summed E-state index contributed by atoms with van der Waals surface area (Å²) < 4.78 is 48.3. The van der Waals surface area contributed by atoms with E-state index in [0.717, 1.165) is 18.5 Å². The Labute approximate surface area is 181 Å². The van der Waals surface area contributed by atoms with Gasteiger partial charge in [0.2, 0.25) is 5.82 Å². The molecular formula is C20H19F3N4O5. The number of nitrogens with zero attached hydrogens (tertiary/aromatic N) is 4. The Morgan fingerprint density at radius 3 is 2.56 bits per heavy atom. The van der Waals surface area contributed by atoms with Crippen LogP contribution in [0.4, 0.5) is 24.7 Å². The molecular weight excluding hydrogens is 433 g/mol. The quantitative estimate of drug-likeness (QED) is 0.358. The van der Waals surface area contributed by atoms with Crippen molar-refractivity contribution in [3.8, 4) is 5.88 Å². The number of carbonyl (C=O) groups excluding carboxylic acids is 1. The van der Waals surface area contributed by atoms with Crippen molar-refractivity contribution >= 4 is 17.5 Å². The SMILES string of the molecule is CCOC(=O)C1CCN(c2ncnc(OCc3c#cc(C(F)(F)F)cc3)c2[N+](=O)[O-])CC1. The molecule has 12 heteroatoms. The summed E-state index contributed by atoms with van der Waals surface area (Å²) in [7, 11) is 0. The van der Waals surface area contributed by atoms with Gasteiger partial charge in [-0.3, -0.25) is 14.9 Å². The number of hydrogen-bond donors (Lipinski definition) is 0. The summed E-state index contributed by atoms with van der Waals surface area (Å²) in [4.78, 5) is 32.4. The van der Waals surface area contributed by atoms with Gasteiger partial charge in [-0.15, -0.1) is 0 Å². The summed E-state index contributed by atoms with van der Waals surface area (Å²) in [6.07, 6.45) is -2.53. The number of halogens is 3. The van der Waals surface area contributed by atoms with E-state index in [1.165, 1.54) is 0 Å². The molecule has 1 aromatic carbocycles. The summed E-state index contributed by atoms with van der Waals surface area (Å²) in [5.74, 6) is -0.849. The molecule has 0 aliphatic carbocycles. The van der Waals surface area contributed by atoms with Crippen LogP contribution in [0.3, 0.4) is 0 Å². The third kappa shape index (κ3) is 5.35. The third-order valence-corrected chi connectivity index (χ3v) is 4.85. The fraction of sp³-hybridized carbons (Fsp3) is 0.450. The predicted octanol–water partition coefficient (Wildman–Crippen LogP) is 3.36. The van der Waals surface area contributed by atoms with Crippen LogP contribution < -0.4 is 9.64 Å². The van der Waals surface area contributed by atoms with Crippen molar-refractivity contribution in [1.82, 2.24) is 9.97 Å². The second kappa shape index (κ2) is 9.67. The Balaban J connectivity index is 1.73. The lowest BCUT2D eigenvalue weighted by atomic mass is 9.97. The molecule has 2 heterocycles. The maximum Gasteiger partial charge on any atom is 0.424 e. The van der Waals surface area contributed by atoms with Gasteiger partial charge < -0.3 is 14.4 Å². The summed E-state index contributed by atoms with van der Waals surface area (Å²) in [6.45, 7) is 2.41. The number of rotatable bonds is 7. The molecule has 1 saturated heterocycles. The highest BCUT2D eigenvalue weighted by Crippen LogP contribution is 2.36. The van der Waals surface area contributed by atoms with Crippen LogP contribution in [0.2, 0.25) is 0 Å². The number of esters is 1. The van der Waals surface area contributed by atoms with Crippen molar-refractivity contribution in [3.63, 3.8) is 0 Å². The van der Waals surface area contributed by atoms with Crippen molar-refractivity contribution in [1.29, 1.82) is 0 Å². The lowest BCUT2D eigenvalue weighted by Gasteiger charge is -2.31. The first-order valence-electron chi connectivity index (χ1n) is 9.74. The normalized spacial score (nSPS) is 14.6. The fourth-order valence-electron chi connectivity index (χ4n) is 3.25. The maximum atomic E-state index is 12.6. The lowest BCUT2D eigenvalue weighted by Crippen LogP contribution is -2.37. The molecule has 0 amide bonds. The minimum atomic E-state index is -4.54. The Bertz CT molecular complexity index is 961. The van der Waals surface area contributed by atoms with E-state index in [1.807, 2.05) is 6.07 Å². The first kappa shape index (κ1) is 23.1. The van der Waals surface area contributed by atoms with Crippen molar-refractivity contribution in [2.75, 3.05) is 24.6 Å². The molecule has 1 aromatic heterocycles. The first-order chi connectivity index (χ1) is 15.2. The van der Waals surface area contributed by atoms with Gasteiger partial charge in [0.25, 0.3) is 5.88 Å². The third-order valence-electron chi connectivity index (χ3n) is 4.85. The van der Waals surface area contributed by atoms with E-state index in [2.05, 4.69) is 16.0 Å². The van der Waals surface area contributed by atoms with E-state index in [0.29, 0.717) is 25.9 Å². The summed E-state index contributed by atoms with van der Waals surface area (Å²) in [5.41, 5.74) is -1.23. The smallest absolute Gasteiger partial charge is 0.424 e. The minimum Gasteiger partial charge on any atom is -0.467 e. The number of hydrogen-bond acceptors (Lipinski definition) is 8. The van der Waals surface area contributed by atoms with Gasteiger partial charge in [-0.05, 0) is 31.9 Å². The standard InChI is InChI=1S/C20H19F3N4O5/c1-2-31-19(28)14-7-9-26(10-8-14)17-16(27(29)30)18(25-12-24-17)32-11-13-3-5-15(6-4-13)20(21,22)23/h3,5,12,14H,2,7-11H2,1H3. The molecule has 0 unspecified atom stereocenters. The topological polar surface area (TPSA) is 108 Å². The van der Waals surface area contributed by atoms with Crippen LogP contribution in [0.1, 0.15) is 30.9 Å². The number of ether oxygens (including phenoxy) is 2. The van der Waals surface area contributed by atoms with E-state index in [-0.39, 0.29) is 42.4 Å². The number of anilines is 1. The van der Waals surface area contributed by atoms with Crippen LogP contribution in [0.15, 0.2) is 18.5 Å². The van der Waals surface area contributed by atoms with Crippen molar-refractivity contribution in [2.45, 2.75) is 32.5 Å². The van der Waals surface area contributed by atoms with Gasteiger partial charge in [-0.25, -0.2) is 4.98 Å². The molecule has 0 bridgehead atoms. The molecule has 0 radical (unpaired) electrons. The van der Waals surface area contributed by atoms with E-state index < -0.39 is 22.4 Å². The van der Waals surface area contributed by atoms with Crippen LogP contribution in [-0.4, -0.2) is 40.6 Å². The van der Waals surface area contributed by atoms with Gasteiger partial charge in [0, 0.05) is 18.7 Å². The molecule has 9 nitrogen and oxygen atoms in total. The maximum absolute atomic E-state index is 12.6. The first-order valence-corrected chi connectivity index (χ1v) is 9.74. The van der Waals surface area contributed by atoms with E-state index in [1.54, 1.807) is 11.8 Å². The second-order valence-electron chi connectivity index (χ2n) is 6.93. The zero-order chi connectivity index (χ0) is 23.3. The molecule has 1 aliphatic heterocycles.